The highest BCUT2D eigenvalue weighted by atomic mass is 32.1. The maximum atomic E-state index is 13.1. The minimum atomic E-state index is -4.52. The second-order valence-corrected chi connectivity index (χ2v) is 6.26. The Morgan fingerprint density at radius 3 is 2.48 bits per heavy atom. The second kappa shape index (κ2) is 6.46. The molecule has 0 atom stereocenters. The van der Waals surface area contributed by atoms with E-state index in [1.54, 1.807) is 0 Å². The van der Waals surface area contributed by atoms with Gasteiger partial charge in [-0.15, -0.1) is 0 Å². The number of aromatic nitrogens is 2. The van der Waals surface area contributed by atoms with E-state index in [9.17, 15) is 13.2 Å². The van der Waals surface area contributed by atoms with Gasteiger partial charge in [0.2, 0.25) is 5.95 Å². The van der Waals surface area contributed by atoms with Gasteiger partial charge in [-0.2, -0.15) is 18.2 Å². The van der Waals surface area contributed by atoms with Crippen LogP contribution in [0.15, 0.2) is 6.07 Å². The molecule has 0 radical (unpaired) electrons. The third-order valence-corrected chi connectivity index (χ3v) is 4.04. The van der Waals surface area contributed by atoms with Crippen LogP contribution in [-0.2, 0) is 6.18 Å². The molecule has 3 rings (SSSR count). The zero-order valence-electron chi connectivity index (χ0n) is 12.5. The Morgan fingerprint density at radius 1 is 1.17 bits per heavy atom. The first-order valence-corrected chi connectivity index (χ1v) is 8.11. The Labute approximate surface area is 137 Å². The van der Waals surface area contributed by atoms with Crippen LogP contribution in [0.3, 0.4) is 0 Å². The zero-order valence-corrected chi connectivity index (χ0v) is 13.3. The Kier molecular flexibility index (Phi) is 4.56. The highest BCUT2D eigenvalue weighted by Crippen LogP contribution is 2.31. The predicted molar refractivity (Wildman–Crippen MR) is 85.5 cm³/mol. The Bertz CT molecular complexity index is 582. The van der Waals surface area contributed by atoms with Crippen LogP contribution in [0, 0.1) is 0 Å². The molecule has 2 heterocycles. The molecule has 2 aliphatic rings. The van der Waals surface area contributed by atoms with Gasteiger partial charge in [-0.05, 0) is 44.3 Å². The van der Waals surface area contributed by atoms with Crippen molar-refractivity contribution < 1.29 is 13.2 Å². The van der Waals surface area contributed by atoms with Gasteiger partial charge in [-0.1, -0.05) is 0 Å². The first-order valence-electron chi connectivity index (χ1n) is 7.70. The topological polar surface area (TPSA) is 53.1 Å². The van der Waals surface area contributed by atoms with Crippen LogP contribution >= 0.6 is 12.2 Å². The zero-order chi connectivity index (χ0) is 16.4. The minimum absolute atomic E-state index is 0.112. The molecule has 1 aromatic heterocycles. The summed E-state index contributed by atoms with van der Waals surface area (Å²) in [6.07, 6.45) is 0.518. The van der Waals surface area contributed by atoms with Gasteiger partial charge in [0.1, 0.15) is 5.82 Å². The quantitative estimate of drug-likeness (QED) is 0.822. The predicted octanol–water partition coefficient (Wildman–Crippen LogP) is 2.93. The number of piperidine rings is 1. The van der Waals surface area contributed by atoms with E-state index >= 15 is 0 Å². The number of nitrogens with zero attached hydrogens (tertiary/aromatic N) is 3. The SMILES string of the molecule is FC(F)(F)c1cc(N2CCCCC2)nc(NC(=S)NC2CC2)n1. The number of rotatable bonds is 3. The molecule has 1 aliphatic heterocycles. The number of hydrogen-bond donors (Lipinski definition) is 2. The number of anilines is 2. The van der Waals surface area contributed by atoms with Crippen molar-refractivity contribution in [2.45, 2.75) is 44.3 Å². The summed E-state index contributed by atoms with van der Waals surface area (Å²) in [4.78, 5) is 9.64. The Morgan fingerprint density at radius 2 is 1.87 bits per heavy atom. The molecule has 0 unspecified atom stereocenters. The Hall–Kier alpha value is -1.64. The summed E-state index contributed by atoms with van der Waals surface area (Å²) in [5.74, 6) is 0.183. The summed E-state index contributed by atoms with van der Waals surface area (Å²) in [5.41, 5.74) is -0.954. The van der Waals surface area contributed by atoms with Crippen molar-refractivity contribution in [3.05, 3.63) is 11.8 Å². The van der Waals surface area contributed by atoms with E-state index in [0.29, 0.717) is 24.9 Å². The lowest BCUT2D eigenvalue weighted by Crippen LogP contribution is -2.33. The van der Waals surface area contributed by atoms with Crippen molar-refractivity contribution >= 4 is 29.1 Å². The fourth-order valence-corrected chi connectivity index (χ4v) is 2.73. The van der Waals surface area contributed by atoms with E-state index < -0.39 is 11.9 Å². The molecule has 126 valence electrons. The van der Waals surface area contributed by atoms with E-state index in [2.05, 4.69) is 20.6 Å². The van der Waals surface area contributed by atoms with Gasteiger partial charge in [0.05, 0.1) is 0 Å². The second-order valence-electron chi connectivity index (χ2n) is 5.85. The number of hydrogen-bond acceptors (Lipinski definition) is 4. The first-order chi connectivity index (χ1) is 10.9. The van der Waals surface area contributed by atoms with Crippen molar-refractivity contribution in [2.24, 2.45) is 0 Å². The molecule has 5 nitrogen and oxygen atoms in total. The molecule has 0 amide bonds. The molecule has 1 aliphatic carbocycles. The summed E-state index contributed by atoms with van der Waals surface area (Å²) in [7, 11) is 0. The van der Waals surface area contributed by atoms with E-state index in [4.69, 9.17) is 12.2 Å². The van der Waals surface area contributed by atoms with Crippen molar-refractivity contribution in [3.8, 4) is 0 Å². The number of alkyl halides is 3. The van der Waals surface area contributed by atoms with Crippen molar-refractivity contribution in [1.29, 1.82) is 0 Å². The number of nitrogens with one attached hydrogen (secondary N) is 2. The van der Waals surface area contributed by atoms with Crippen LogP contribution in [0.1, 0.15) is 37.8 Å². The average molecular weight is 345 g/mol. The van der Waals surface area contributed by atoms with Crippen molar-refractivity contribution in [1.82, 2.24) is 15.3 Å². The van der Waals surface area contributed by atoms with Crippen LogP contribution in [0.25, 0.3) is 0 Å². The number of thiocarbonyl (C=S) groups is 1. The minimum Gasteiger partial charge on any atom is -0.360 e. The molecule has 1 aromatic rings. The van der Waals surface area contributed by atoms with Gasteiger partial charge in [0.15, 0.2) is 10.8 Å². The monoisotopic (exact) mass is 345 g/mol. The highest BCUT2D eigenvalue weighted by Gasteiger charge is 2.34. The molecular formula is C14H18F3N5S. The van der Waals surface area contributed by atoms with Crippen LogP contribution in [0.5, 0.6) is 0 Å². The summed E-state index contributed by atoms with van der Waals surface area (Å²) in [5, 5.41) is 5.94. The molecule has 9 heteroatoms. The highest BCUT2D eigenvalue weighted by molar-refractivity contribution is 7.80. The summed E-state index contributed by atoms with van der Waals surface area (Å²) in [6, 6.07) is 1.32. The lowest BCUT2D eigenvalue weighted by atomic mass is 10.1. The maximum absolute atomic E-state index is 13.1. The van der Waals surface area contributed by atoms with Crippen LogP contribution in [0.4, 0.5) is 24.9 Å². The molecule has 2 fully saturated rings. The standard InChI is InChI=1S/C14H18F3N5S/c15-14(16,17)10-8-11(22-6-2-1-3-7-22)20-12(19-10)21-13(23)18-9-4-5-9/h8-9H,1-7H2,(H2,18,19,20,21,23). The average Bonchev–Trinajstić information content (AvgIpc) is 3.30. The van der Waals surface area contributed by atoms with Crippen LogP contribution < -0.4 is 15.5 Å². The van der Waals surface area contributed by atoms with Crippen LogP contribution in [-0.4, -0.2) is 34.2 Å². The lowest BCUT2D eigenvalue weighted by Gasteiger charge is -2.28. The van der Waals surface area contributed by atoms with E-state index in [1.807, 2.05) is 4.90 Å². The van der Waals surface area contributed by atoms with Crippen molar-refractivity contribution in [2.75, 3.05) is 23.3 Å². The Balaban J connectivity index is 1.82. The molecule has 0 aromatic carbocycles. The normalized spacial score (nSPS) is 18.7. The summed E-state index contributed by atoms with van der Waals surface area (Å²) >= 11 is 5.09. The first kappa shape index (κ1) is 16.2. The van der Waals surface area contributed by atoms with Gasteiger partial charge in [-0.25, -0.2) is 4.98 Å². The van der Waals surface area contributed by atoms with Crippen molar-refractivity contribution in [3.63, 3.8) is 0 Å². The molecule has 2 N–H and O–H groups in total. The van der Waals surface area contributed by atoms with Gasteiger partial charge in [0.25, 0.3) is 0 Å². The fourth-order valence-electron chi connectivity index (χ4n) is 2.47. The van der Waals surface area contributed by atoms with E-state index in [-0.39, 0.29) is 11.1 Å². The number of halogens is 3. The largest absolute Gasteiger partial charge is 0.433 e. The lowest BCUT2D eigenvalue weighted by molar-refractivity contribution is -0.141. The van der Waals surface area contributed by atoms with E-state index in [1.165, 1.54) is 0 Å². The van der Waals surface area contributed by atoms with E-state index in [0.717, 1.165) is 38.2 Å². The molecule has 0 spiro atoms. The van der Waals surface area contributed by atoms with Gasteiger partial charge < -0.3 is 15.5 Å². The van der Waals surface area contributed by atoms with Gasteiger partial charge in [0, 0.05) is 25.2 Å². The molecule has 1 saturated heterocycles. The fraction of sp³-hybridized carbons (Fsp3) is 0.643. The third kappa shape index (κ3) is 4.43. The smallest absolute Gasteiger partial charge is 0.360 e. The third-order valence-electron chi connectivity index (χ3n) is 3.82. The molecule has 1 saturated carbocycles. The van der Waals surface area contributed by atoms with Gasteiger partial charge in [-0.3, -0.25) is 0 Å². The summed E-state index contributed by atoms with van der Waals surface area (Å²) < 4.78 is 39.3. The van der Waals surface area contributed by atoms with Crippen LogP contribution in [0.2, 0.25) is 0 Å². The molecule has 0 bridgehead atoms. The van der Waals surface area contributed by atoms with Gasteiger partial charge >= 0.3 is 6.18 Å². The molecule has 23 heavy (non-hydrogen) atoms. The molecular weight excluding hydrogens is 327 g/mol. The summed E-state index contributed by atoms with van der Waals surface area (Å²) in [6.45, 7) is 1.41. The maximum Gasteiger partial charge on any atom is 0.433 e.